The summed E-state index contributed by atoms with van der Waals surface area (Å²) in [7, 11) is 0. The van der Waals surface area contributed by atoms with Gasteiger partial charge in [-0.1, -0.05) is 37.6 Å². The molecule has 2 N–H and O–H groups in total. The van der Waals surface area contributed by atoms with E-state index in [1.165, 1.54) is 10.4 Å². The number of hydrogen-bond donors (Lipinski definition) is 2. The summed E-state index contributed by atoms with van der Waals surface area (Å²) in [6.45, 7) is 8.10. The van der Waals surface area contributed by atoms with E-state index in [9.17, 15) is 5.11 Å². The fraction of sp³-hybridized carbons (Fsp3) is 0.375. The SMILES string of the molecule is Cc1ccc(O)c(CNCC(C)(C)c2cccs2)c1. The summed E-state index contributed by atoms with van der Waals surface area (Å²) < 4.78 is 0. The van der Waals surface area contributed by atoms with Crippen LogP contribution in [0.3, 0.4) is 0 Å². The minimum absolute atomic E-state index is 0.119. The van der Waals surface area contributed by atoms with Crippen LogP contribution in [0.15, 0.2) is 35.7 Å². The standard InChI is InChI=1S/C16H21NOS/c1-12-6-7-14(18)13(9-12)10-17-11-16(2,3)15-5-4-8-19-15/h4-9,17-18H,10-11H2,1-3H3. The average molecular weight is 275 g/mol. The summed E-state index contributed by atoms with van der Waals surface area (Å²) in [5, 5.41) is 15.4. The third-order valence-electron chi connectivity index (χ3n) is 3.31. The van der Waals surface area contributed by atoms with Gasteiger partial charge in [0.1, 0.15) is 5.75 Å². The largest absolute Gasteiger partial charge is 0.508 e. The first kappa shape index (κ1) is 14.1. The van der Waals surface area contributed by atoms with E-state index in [0.717, 1.165) is 12.1 Å². The highest BCUT2D eigenvalue weighted by Crippen LogP contribution is 2.27. The third-order valence-corrected chi connectivity index (χ3v) is 4.54. The summed E-state index contributed by atoms with van der Waals surface area (Å²) in [6, 6.07) is 9.98. The van der Waals surface area contributed by atoms with Crippen LogP contribution in [0.4, 0.5) is 0 Å². The van der Waals surface area contributed by atoms with Gasteiger partial charge >= 0.3 is 0 Å². The Morgan fingerprint density at radius 1 is 1.26 bits per heavy atom. The molecule has 0 unspecified atom stereocenters. The molecular formula is C16H21NOS. The minimum Gasteiger partial charge on any atom is -0.508 e. The predicted octanol–water partition coefficient (Wildman–Crippen LogP) is 3.83. The summed E-state index contributed by atoms with van der Waals surface area (Å²) in [5.74, 6) is 0.368. The molecule has 1 heterocycles. The molecule has 0 bridgehead atoms. The number of aryl methyl sites for hydroxylation is 1. The summed E-state index contributed by atoms with van der Waals surface area (Å²) in [4.78, 5) is 1.38. The third kappa shape index (κ3) is 3.58. The quantitative estimate of drug-likeness (QED) is 0.869. The number of phenolic OH excluding ortho intramolecular Hbond substituents is 1. The highest BCUT2D eigenvalue weighted by Gasteiger charge is 2.21. The van der Waals surface area contributed by atoms with Crippen LogP contribution in [0.5, 0.6) is 5.75 Å². The molecule has 2 aromatic rings. The second-order valence-corrected chi connectivity index (χ2v) is 6.54. The van der Waals surface area contributed by atoms with Gasteiger partial charge in [-0.3, -0.25) is 0 Å². The molecule has 0 spiro atoms. The molecule has 0 aliphatic rings. The number of nitrogens with one attached hydrogen (secondary N) is 1. The Balaban J connectivity index is 1.95. The number of thiophene rings is 1. The first-order valence-corrected chi connectivity index (χ1v) is 7.40. The van der Waals surface area contributed by atoms with Crippen molar-refractivity contribution in [2.45, 2.75) is 32.7 Å². The average Bonchev–Trinajstić information content (AvgIpc) is 2.88. The van der Waals surface area contributed by atoms with Crippen LogP contribution < -0.4 is 5.32 Å². The summed E-state index contributed by atoms with van der Waals surface area (Å²) >= 11 is 1.79. The summed E-state index contributed by atoms with van der Waals surface area (Å²) in [5.41, 5.74) is 2.25. The van der Waals surface area contributed by atoms with Crippen LogP contribution in [0, 0.1) is 6.92 Å². The van der Waals surface area contributed by atoms with Crippen molar-refractivity contribution in [2.24, 2.45) is 0 Å². The van der Waals surface area contributed by atoms with Crippen molar-refractivity contribution in [1.29, 1.82) is 0 Å². The van der Waals surface area contributed by atoms with E-state index in [1.54, 1.807) is 17.4 Å². The lowest BCUT2D eigenvalue weighted by atomic mass is 9.91. The Labute approximate surface area is 119 Å². The van der Waals surface area contributed by atoms with Crippen molar-refractivity contribution in [1.82, 2.24) is 5.32 Å². The number of benzene rings is 1. The van der Waals surface area contributed by atoms with Crippen molar-refractivity contribution < 1.29 is 5.11 Å². The monoisotopic (exact) mass is 275 g/mol. The van der Waals surface area contributed by atoms with Crippen molar-refractivity contribution in [2.75, 3.05) is 6.54 Å². The molecule has 1 aromatic carbocycles. The van der Waals surface area contributed by atoms with Gasteiger partial charge in [-0.25, -0.2) is 0 Å². The molecule has 1 aromatic heterocycles. The Hall–Kier alpha value is -1.32. The van der Waals surface area contributed by atoms with Crippen LogP contribution in [0.1, 0.15) is 29.9 Å². The Morgan fingerprint density at radius 3 is 2.74 bits per heavy atom. The van der Waals surface area contributed by atoms with E-state index in [2.05, 4.69) is 36.7 Å². The van der Waals surface area contributed by atoms with Crippen molar-refractivity contribution >= 4 is 11.3 Å². The van der Waals surface area contributed by atoms with Crippen LogP contribution in [-0.4, -0.2) is 11.7 Å². The molecule has 19 heavy (non-hydrogen) atoms. The maximum absolute atomic E-state index is 9.81. The van der Waals surface area contributed by atoms with Crippen LogP contribution >= 0.6 is 11.3 Å². The van der Waals surface area contributed by atoms with Crippen LogP contribution in [0.25, 0.3) is 0 Å². The van der Waals surface area contributed by atoms with Gasteiger partial charge in [-0.05, 0) is 24.4 Å². The summed E-state index contributed by atoms with van der Waals surface area (Å²) in [6.07, 6.45) is 0. The van der Waals surface area contributed by atoms with Crippen molar-refractivity contribution in [3.8, 4) is 5.75 Å². The molecule has 102 valence electrons. The Morgan fingerprint density at radius 2 is 2.05 bits per heavy atom. The Bertz CT molecular complexity index is 532. The maximum atomic E-state index is 9.81. The Kier molecular flexibility index (Phi) is 4.27. The first-order chi connectivity index (χ1) is 8.99. The molecule has 2 nitrogen and oxygen atoms in total. The topological polar surface area (TPSA) is 32.3 Å². The fourth-order valence-corrected chi connectivity index (χ4v) is 2.97. The molecule has 0 fully saturated rings. The normalized spacial score (nSPS) is 11.7. The van der Waals surface area contributed by atoms with Gasteiger partial charge in [0.05, 0.1) is 0 Å². The number of aromatic hydroxyl groups is 1. The van der Waals surface area contributed by atoms with Crippen molar-refractivity contribution in [3.05, 3.63) is 51.7 Å². The highest BCUT2D eigenvalue weighted by atomic mass is 32.1. The lowest BCUT2D eigenvalue weighted by Gasteiger charge is -2.24. The molecule has 3 heteroatoms. The van der Waals surface area contributed by atoms with Gasteiger partial charge in [-0.2, -0.15) is 0 Å². The van der Waals surface area contributed by atoms with Gasteiger partial charge in [0.2, 0.25) is 0 Å². The zero-order valence-electron chi connectivity index (χ0n) is 11.7. The lowest BCUT2D eigenvalue weighted by molar-refractivity contribution is 0.449. The zero-order chi connectivity index (χ0) is 13.9. The molecular weight excluding hydrogens is 254 g/mol. The molecule has 0 radical (unpaired) electrons. The molecule has 0 saturated carbocycles. The number of rotatable bonds is 5. The van der Waals surface area contributed by atoms with Crippen molar-refractivity contribution in [3.63, 3.8) is 0 Å². The molecule has 0 aliphatic carbocycles. The molecule has 2 rings (SSSR count). The van der Waals surface area contributed by atoms with Gasteiger partial charge in [0, 0.05) is 28.9 Å². The molecule has 0 saturated heterocycles. The van der Waals surface area contributed by atoms with E-state index in [4.69, 9.17) is 0 Å². The molecule has 0 aliphatic heterocycles. The molecule has 0 atom stereocenters. The minimum atomic E-state index is 0.119. The van der Waals surface area contributed by atoms with Gasteiger partial charge in [-0.15, -0.1) is 11.3 Å². The second-order valence-electron chi connectivity index (χ2n) is 5.60. The van der Waals surface area contributed by atoms with Crippen LogP contribution in [-0.2, 0) is 12.0 Å². The van der Waals surface area contributed by atoms with Gasteiger partial charge < -0.3 is 10.4 Å². The number of phenols is 1. The van der Waals surface area contributed by atoms with E-state index >= 15 is 0 Å². The smallest absolute Gasteiger partial charge is 0.120 e. The van der Waals surface area contributed by atoms with E-state index < -0.39 is 0 Å². The van der Waals surface area contributed by atoms with Crippen LogP contribution in [0.2, 0.25) is 0 Å². The van der Waals surface area contributed by atoms with E-state index in [-0.39, 0.29) is 5.41 Å². The lowest BCUT2D eigenvalue weighted by Crippen LogP contribution is -2.31. The fourth-order valence-electron chi connectivity index (χ4n) is 2.12. The van der Waals surface area contributed by atoms with E-state index in [1.807, 2.05) is 19.1 Å². The zero-order valence-corrected chi connectivity index (χ0v) is 12.6. The van der Waals surface area contributed by atoms with Gasteiger partial charge in [0.25, 0.3) is 0 Å². The first-order valence-electron chi connectivity index (χ1n) is 6.52. The number of hydrogen-bond acceptors (Lipinski definition) is 3. The second kappa shape index (κ2) is 5.76. The molecule has 0 amide bonds. The highest BCUT2D eigenvalue weighted by molar-refractivity contribution is 7.10. The van der Waals surface area contributed by atoms with E-state index in [0.29, 0.717) is 12.3 Å². The van der Waals surface area contributed by atoms with Gasteiger partial charge in [0.15, 0.2) is 0 Å². The maximum Gasteiger partial charge on any atom is 0.120 e. The predicted molar refractivity (Wildman–Crippen MR) is 81.9 cm³/mol.